The third-order valence-corrected chi connectivity index (χ3v) is 3.33. The first-order valence-electron chi connectivity index (χ1n) is 6.35. The Hall–Kier alpha value is -1.55. The van der Waals surface area contributed by atoms with E-state index >= 15 is 0 Å². The Kier molecular flexibility index (Phi) is 3.87. The normalized spacial score (nSPS) is 19.7. The highest BCUT2D eigenvalue weighted by atomic mass is 16.5. The van der Waals surface area contributed by atoms with E-state index in [1.807, 2.05) is 18.2 Å². The molecule has 0 radical (unpaired) electrons. The van der Waals surface area contributed by atoms with Crippen molar-refractivity contribution in [1.82, 2.24) is 0 Å². The summed E-state index contributed by atoms with van der Waals surface area (Å²) in [5.41, 5.74) is 1.83. The molecule has 0 saturated heterocycles. The first-order valence-corrected chi connectivity index (χ1v) is 6.35. The molecule has 1 aliphatic rings. The Bertz CT molecular complexity index is 441. The number of benzene rings is 1. The van der Waals surface area contributed by atoms with Crippen LogP contribution in [-0.2, 0) is 11.2 Å². The van der Waals surface area contributed by atoms with Gasteiger partial charge in [0, 0.05) is 6.61 Å². The summed E-state index contributed by atoms with van der Waals surface area (Å²) in [5.74, 6) is 0.860. The molecule has 1 amide bonds. The van der Waals surface area contributed by atoms with Crippen LogP contribution in [0.25, 0.3) is 0 Å². The zero-order chi connectivity index (χ0) is 13.1. The van der Waals surface area contributed by atoms with Crippen LogP contribution in [0.3, 0.4) is 0 Å². The van der Waals surface area contributed by atoms with Crippen molar-refractivity contribution in [3.8, 4) is 5.75 Å². The lowest BCUT2D eigenvalue weighted by atomic mass is 9.97. The van der Waals surface area contributed by atoms with Gasteiger partial charge in [-0.1, -0.05) is 19.4 Å². The lowest BCUT2D eigenvalue weighted by Crippen LogP contribution is -2.34. The van der Waals surface area contributed by atoms with Gasteiger partial charge < -0.3 is 15.2 Å². The molecule has 0 bridgehead atoms. The molecule has 0 spiro atoms. The van der Waals surface area contributed by atoms with Crippen molar-refractivity contribution in [1.29, 1.82) is 0 Å². The van der Waals surface area contributed by atoms with E-state index in [2.05, 4.69) is 12.2 Å². The van der Waals surface area contributed by atoms with Gasteiger partial charge in [0.2, 0.25) is 0 Å². The number of nitrogens with one attached hydrogen (secondary N) is 1. The van der Waals surface area contributed by atoms with Gasteiger partial charge in [-0.25, -0.2) is 0 Å². The zero-order valence-corrected chi connectivity index (χ0v) is 10.8. The minimum atomic E-state index is -0.441. The molecule has 2 atom stereocenters. The number of carbonyl (C=O) groups excluding carboxylic acids is 1. The molecule has 2 unspecified atom stereocenters. The Labute approximate surface area is 107 Å². The summed E-state index contributed by atoms with van der Waals surface area (Å²) in [6.07, 6.45) is 1.31. The quantitative estimate of drug-likeness (QED) is 0.857. The van der Waals surface area contributed by atoms with E-state index in [9.17, 15) is 9.90 Å². The van der Waals surface area contributed by atoms with Crippen LogP contribution in [-0.4, -0.2) is 23.7 Å². The fourth-order valence-corrected chi connectivity index (χ4v) is 2.05. The number of rotatable bonds is 4. The topological polar surface area (TPSA) is 58.6 Å². The van der Waals surface area contributed by atoms with Crippen LogP contribution < -0.4 is 10.1 Å². The van der Waals surface area contributed by atoms with Gasteiger partial charge in [0.1, 0.15) is 5.75 Å². The summed E-state index contributed by atoms with van der Waals surface area (Å²) >= 11 is 0. The summed E-state index contributed by atoms with van der Waals surface area (Å²) in [6.45, 7) is 3.98. The summed E-state index contributed by atoms with van der Waals surface area (Å²) < 4.78 is 5.50. The number of fused-ring (bicyclic) bond motifs is 1. The average Bonchev–Trinajstić information content (AvgIpc) is 2.37. The molecule has 1 heterocycles. The second kappa shape index (κ2) is 5.40. The molecule has 0 saturated carbocycles. The van der Waals surface area contributed by atoms with E-state index in [0.717, 1.165) is 24.1 Å². The predicted molar refractivity (Wildman–Crippen MR) is 69.7 cm³/mol. The van der Waals surface area contributed by atoms with E-state index in [1.165, 1.54) is 0 Å². The molecule has 0 aliphatic carbocycles. The summed E-state index contributed by atoms with van der Waals surface area (Å²) in [6, 6.07) is 5.80. The van der Waals surface area contributed by atoms with E-state index in [0.29, 0.717) is 5.75 Å². The van der Waals surface area contributed by atoms with Gasteiger partial charge in [0.05, 0.1) is 5.69 Å². The second-order valence-electron chi connectivity index (χ2n) is 4.74. The van der Waals surface area contributed by atoms with Gasteiger partial charge in [0.25, 0.3) is 5.91 Å². The lowest BCUT2D eigenvalue weighted by Gasteiger charge is -2.24. The largest absolute Gasteiger partial charge is 0.479 e. The maximum absolute atomic E-state index is 11.5. The predicted octanol–water partition coefficient (Wildman–Crippen LogP) is 1.97. The van der Waals surface area contributed by atoms with E-state index < -0.39 is 6.10 Å². The van der Waals surface area contributed by atoms with Crippen molar-refractivity contribution in [2.24, 2.45) is 5.92 Å². The van der Waals surface area contributed by atoms with E-state index in [4.69, 9.17) is 4.74 Å². The van der Waals surface area contributed by atoms with Gasteiger partial charge in [0.15, 0.2) is 6.10 Å². The minimum Gasteiger partial charge on any atom is -0.479 e. The van der Waals surface area contributed by atoms with Gasteiger partial charge >= 0.3 is 0 Å². The monoisotopic (exact) mass is 249 g/mol. The Morgan fingerprint density at radius 3 is 2.94 bits per heavy atom. The van der Waals surface area contributed by atoms with Crippen LogP contribution in [0.1, 0.15) is 25.8 Å². The molecule has 2 N–H and O–H groups in total. The number of ether oxygens (including phenoxy) is 1. The number of amides is 1. The van der Waals surface area contributed by atoms with Crippen molar-refractivity contribution < 1.29 is 14.6 Å². The highest BCUT2D eigenvalue weighted by Crippen LogP contribution is 2.31. The highest BCUT2D eigenvalue weighted by Gasteiger charge is 2.23. The molecule has 1 aromatic carbocycles. The maximum atomic E-state index is 11.5. The van der Waals surface area contributed by atoms with Crippen molar-refractivity contribution >= 4 is 11.6 Å². The number of aliphatic hydroxyl groups is 1. The molecule has 98 valence electrons. The van der Waals surface area contributed by atoms with Crippen LogP contribution in [0.2, 0.25) is 0 Å². The summed E-state index contributed by atoms with van der Waals surface area (Å²) in [7, 11) is 0. The molecule has 0 aromatic heterocycles. The number of anilines is 1. The van der Waals surface area contributed by atoms with Crippen LogP contribution >= 0.6 is 0 Å². The van der Waals surface area contributed by atoms with Gasteiger partial charge in [-0.05, 0) is 37.0 Å². The van der Waals surface area contributed by atoms with Gasteiger partial charge in [-0.3, -0.25) is 4.79 Å². The first kappa shape index (κ1) is 12.9. The van der Waals surface area contributed by atoms with Crippen molar-refractivity contribution in [2.45, 2.75) is 32.8 Å². The SMILES string of the molecule is CCC(CO)Cc1ccc2c(c1)NC(=O)C(C)O2. The molecular weight excluding hydrogens is 230 g/mol. The van der Waals surface area contributed by atoms with Crippen molar-refractivity contribution in [3.05, 3.63) is 23.8 Å². The fraction of sp³-hybridized carbons (Fsp3) is 0.500. The van der Waals surface area contributed by atoms with Crippen LogP contribution in [0, 0.1) is 5.92 Å². The molecule has 18 heavy (non-hydrogen) atoms. The fourth-order valence-electron chi connectivity index (χ4n) is 2.05. The first-order chi connectivity index (χ1) is 8.63. The molecule has 1 aromatic rings. The van der Waals surface area contributed by atoms with Gasteiger partial charge in [-0.2, -0.15) is 0 Å². The molecule has 1 aliphatic heterocycles. The number of aliphatic hydroxyl groups excluding tert-OH is 1. The lowest BCUT2D eigenvalue weighted by molar-refractivity contribution is -0.122. The third kappa shape index (κ3) is 2.64. The molecule has 0 fully saturated rings. The number of hydrogen-bond donors (Lipinski definition) is 2. The molecule has 2 rings (SSSR count). The zero-order valence-electron chi connectivity index (χ0n) is 10.8. The summed E-state index contributed by atoms with van der Waals surface area (Å²) in [5, 5.41) is 12.0. The third-order valence-electron chi connectivity index (χ3n) is 3.33. The van der Waals surface area contributed by atoms with Crippen molar-refractivity contribution in [3.63, 3.8) is 0 Å². The molecular formula is C14H19NO3. The molecule has 4 nitrogen and oxygen atoms in total. The Morgan fingerprint density at radius 2 is 2.28 bits per heavy atom. The van der Waals surface area contributed by atoms with Crippen molar-refractivity contribution in [2.75, 3.05) is 11.9 Å². The highest BCUT2D eigenvalue weighted by molar-refractivity contribution is 5.97. The van der Waals surface area contributed by atoms with E-state index in [1.54, 1.807) is 6.92 Å². The maximum Gasteiger partial charge on any atom is 0.265 e. The Morgan fingerprint density at radius 1 is 1.50 bits per heavy atom. The number of carbonyl (C=O) groups is 1. The van der Waals surface area contributed by atoms with Crippen LogP contribution in [0.5, 0.6) is 5.75 Å². The number of hydrogen-bond acceptors (Lipinski definition) is 3. The molecule has 4 heteroatoms. The average molecular weight is 249 g/mol. The standard InChI is InChI=1S/C14H19NO3/c1-3-10(8-16)6-11-4-5-13-12(7-11)15-14(17)9(2)18-13/h4-5,7,9-10,16H,3,6,8H2,1-2H3,(H,15,17). The smallest absolute Gasteiger partial charge is 0.265 e. The summed E-state index contributed by atoms with van der Waals surface area (Å²) in [4.78, 5) is 11.5. The van der Waals surface area contributed by atoms with Crippen LogP contribution in [0.15, 0.2) is 18.2 Å². The van der Waals surface area contributed by atoms with Gasteiger partial charge in [-0.15, -0.1) is 0 Å². The minimum absolute atomic E-state index is 0.117. The second-order valence-corrected chi connectivity index (χ2v) is 4.74. The Balaban J connectivity index is 2.17. The van der Waals surface area contributed by atoms with Crippen LogP contribution in [0.4, 0.5) is 5.69 Å². The van der Waals surface area contributed by atoms with E-state index in [-0.39, 0.29) is 18.4 Å².